The van der Waals surface area contributed by atoms with Gasteiger partial charge in [0.15, 0.2) is 0 Å². The molecule has 0 aromatic carbocycles. The Morgan fingerprint density at radius 2 is 1.67 bits per heavy atom. The van der Waals surface area contributed by atoms with E-state index in [1.807, 2.05) is 22.7 Å². The molecular formula is C15H21NS2. The van der Waals surface area contributed by atoms with Gasteiger partial charge < -0.3 is 5.32 Å². The Labute approximate surface area is 118 Å². The monoisotopic (exact) mass is 279 g/mol. The molecule has 0 saturated carbocycles. The first kappa shape index (κ1) is 13.8. The van der Waals surface area contributed by atoms with Gasteiger partial charge in [0, 0.05) is 16.3 Å². The molecule has 0 radical (unpaired) electrons. The quantitative estimate of drug-likeness (QED) is 0.791. The molecule has 0 aliphatic carbocycles. The molecule has 1 nitrogen and oxygen atoms in total. The van der Waals surface area contributed by atoms with E-state index < -0.39 is 0 Å². The number of rotatable bonds is 6. The van der Waals surface area contributed by atoms with E-state index in [2.05, 4.69) is 61.1 Å². The summed E-state index contributed by atoms with van der Waals surface area (Å²) in [7, 11) is 0. The standard InChI is InChI=1S/C15H21NS2/c1-4-15(2,3)11-16-14(12-7-5-9-17-12)13-8-6-10-18-13/h5-10,14,16H,4,11H2,1-3H3. The summed E-state index contributed by atoms with van der Waals surface area (Å²) in [6.45, 7) is 7.94. The highest BCUT2D eigenvalue weighted by Gasteiger charge is 2.20. The first-order valence-electron chi connectivity index (χ1n) is 6.42. The normalized spacial score (nSPS) is 12.2. The molecule has 2 aromatic rings. The average Bonchev–Trinajstić information content (AvgIpc) is 3.01. The Balaban J connectivity index is 2.12. The molecular weight excluding hydrogens is 258 g/mol. The van der Waals surface area contributed by atoms with Gasteiger partial charge in [-0.05, 0) is 34.7 Å². The predicted molar refractivity (Wildman–Crippen MR) is 82.6 cm³/mol. The molecule has 0 fully saturated rings. The Kier molecular flexibility index (Phi) is 4.60. The maximum Gasteiger partial charge on any atom is 0.0765 e. The molecule has 1 N–H and O–H groups in total. The van der Waals surface area contributed by atoms with Gasteiger partial charge in [-0.15, -0.1) is 22.7 Å². The minimum Gasteiger partial charge on any atom is -0.304 e. The minimum atomic E-state index is 0.354. The van der Waals surface area contributed by atoms with Crippen molar-refractivity contribution in [2.45, 2.75) is 33.2 Å². The molecule has 0 atom stereocenters. The van der Waals surface area contributed by atoms with Crippen molar-refractivity contribution in [1.82, 2.24) is 5.32 Å². The average molecular weight is 279 g/mol. The highest BCUT2D eigenvalue weighted by molar-refractivity contribution is 7.11. The summed E-state index contributed by atoms with van der Waals surface area (Å²) < 4.78 is 0. The summed E-state index contributed by atoms with van der Waals surface area (Å²) in [6, 6.07) is 9.07. The van der Waals surface area contributed by atoms with E-state index in [0.29, 0.717) is 11.5 Å². The summed E-state index contributed by atoms with van der Waals surface area (Å²) in [5.74, 6) is 0. The molecule has 0 amide bonds. The highest BCUT2D eigenvalue weighted by Crippen LogP contribution is 2.30. The smallest absolute Gasteiger partial charge is 0.0765 e. The van der Waals surface area contributed by atoms with Crippen molar-refractivity contribution in [3.05, 3.63) is 44.8 Å². The second kappa shape index (κ2) is 6.00. The van der Waals surface area contributed by atoms with Crippen molar-refractivity contribution >= 4 is 22.7 Å². The van der Waals surface area contributed by atoms with Crippen molar-refractivity contribution < 1.29 is 0 Å². The van der Waals surface area contributed by atoms with Crippen LogP contribution in [0.4, 0.5) is 0 Å². The van der Waals surface area contributed by atoms with E-state index in [-0.39, 0.29) is 0 Å². The molecule has 2 heterocycles. The third kappa shape index (κ3) is 3.44. The van der Waals surface area contributed by atoms with Gasteiger partial charge in [0.25, 0.3) is 0 Å². The minimum absolute atomic E-state index is 0.354. The number of hydrogen-bond acceptors (Lipinski definition) is 3. The van der Waals surface area contributed by atoms with Crippen LogP contribution in [0.5, 0.6) is 0 Å². The zero-order valence-corrected chi connectivity index (χ0v) is 12.9. The van der Waals surface area contributed by atoms with Crippen molar-refractivity contribution in [3.63, 3.8) is 0 Å². The molecule has 2 aromatic heterocycles. The molecule has 0 aliphatic rings. The van der Waals surface area contributed by atoms with Crippen LogP contribution in [0.15, 0.2) is 35.0 Å². The summed E-state index contributed by atoms with van der Waals surface area (Å²) in [5, 5.41) is 8.05. The Morgan fingerprint density at radius 3 is 2.06 bits per heavy atom. The number of hydrogen-bond donors (Lipinski definition) is 1. The fraction of sp³-hybridized carbons (Fsp3) is 0.467. The van der Waals surface area contributed by atoms with Gasteiger partial charge in [0.2, 0.25) is 0 Å². The van der Waals surface area contributed by atoms with Crippen LogP contribution in [-0.2, 0) is 0 Å². The topological polar surface area (TPSA) is 12.0 Å². The lowest BCUT2D eigenvalue weighted by molar-refractivity contribution is 0.319. The van der Waals surface area contributed by atoms with Gasteiger partial charge >= 0.3 is 0 Å². The van der Waals surface area contributed by atoms with Crippen molar-refractivity contribution in [3.8, 4) is 0 Å². The van der Waals surface area contributed by atoms with Crippen LogP contribution in [0.25, 0.3) is 0 Å². The lowest BCUT2D eigenvalue weighted by atomic mass is 9.90. The third-order valence-electron chi connectivity index (χ3n) is 3.40. The van der Waals surface area contributed by atoms with Gasteiger partial charge in [-0.1, -0.05) is 32.9 Å². The van der Waals surface area contributed by atoms with Crippen molar-refractivity contribution in [1.29, 1.82) is 0 Å². The van der Waals surface area contributed by atoms with Gasteiger partial charge in [0.1, 0.15) is 0 Å². The summed E-state index contributed by atoms with van der Waals surface area (Å²) in [5.41, 5.74) is 0.354. The lowest BCUT2D eigenvalue weighted by Gasteiger charge is -2.26. The van der Waals surface area contributed by atoms with Crippen LogP contribution in [0.3, 0.4) is 0 Å². The highest BCUT2D eigenvalue weighted by atomic mass is 32.1. The van der Waals surface area contributed by atoms with Crippen LogP contribution < -0.4 is 5.32 Å². The van der Waals surface area contributed by atoms with Crippen LogP contribution >= 0.6 is 22.7 Å². The molecule has 18 heavy (non-hydrogen) atoms. The van der Waals surface area contributed by atoms with Crippen LogP contribution in [0, 0.1) is 5.41 Å². The Bertz CT molecular complexity index is 409. The van der Waals surface area contributed by atoms with Gasteiger partial charge in [-0.25, -0.2) is 0 Å². The molecule has 2 rings (SSSR count). The first-order valence-corrected chi connectivity index (χ1v) is 8.18. The van der Waals surface area contributed by atoms with Crippen LogP contribution in [0.1, 0.15) is 43.0 Å². The molecule has 98 valence electrons. The number of thiophene rings is 2. The Morgan fingerprint density at radius 1 is 1.11 bits per heavy atom. The second-order valence-electron chi connectivity index (χ2n) is 5.36. The molecule has 0 bridgehead atoms. The van der Waals surface area contributed by atoms with Gasteiger partial charge in [-0.2, -0.15) is 0 Å². The molecule has 0 spiro atoms. The van der Waals surface area contributed by atoms with Crippen molar-refractivity contribution in [2.75, 3.05) is 6.54 Å². The Hall–Kier alpha value is -0.640. The van der Waals surface area contributed by atoms with Gasteiger partial charge in [0.05, 0.1) is 6.04 Å². The third-order valence-corrected chi connectivity index (χ3v) is 5.27. The zero-order chi connectivity index (χ0) is 13.0. The van der Waals surface area contributed by atoms with Crippen LogP contribution in [0.2, 0.25) is 0 Å². The van der Waals surface area contributed by atoms with E-state index in [1.54, 1.807) is 0 Å². The predicted octanol–water partition coefficient (Wildman–Crippen LogP) is 4.92. The molecule has 3 heteroatoms. The maximum atomic E-state index is 3.74. The van der Waals surface area contributed by atoms with E-state index in [0.717, 1.165) is 6.54 Å². The van der Waals surface area contributed by atoms with Crippen molar-refractivity contribution in [2.24, 2.45) is 5.41 Å². The van der Waals surface area contributed by atoms with E-state index in [1.165, 1.54) is 16.2 Å². The largest absolute Gasteiger partial charge is 0.304 e. The maximum absolute atomic E-state index is 3.74. The number of nitrogens with one attached hydrogen (secondary N) is 1. The zero-order valence-electron chi connectivity index (χ0n) is 11.3. The summed E-state index contributed by atoms with van der Waals surface area (Å²) in [6.07, 6.45) is 1.20. The first-order chi connectivity index (χ1) is 8.62. The van der Waals surface area contributed by atoms with Gasteiger partial charge in [-0.3, -0.25) is 0 Å². The second-order valence-corrected chi connectivity index (χ2v) is 7.32. The van der Waals surface area contributed by atoms with Crippen LogP contribution in [-0.4, -0.2) is 6.54 Å². The van der Waals surface area contributed by atoms with E-state index in [4.69, 9.17) is 0 Å². The molecule has 0 saturated heterocycles. The lowest BCUT2D eigenvalue weighted by Crippen LogP contribution is -2.31. The summed E-state index contributed by atoms with van der Waals surface area (Å²) >= 11 is 3.66. The van der Waals surface area contributed by atoms with E-state index >= 15 is 0 Å². The summed E-state index contributed by atoms with van der Waals surface area (Å²) in [4.78, 5) is 2.81. The fourth-order valence-corrected chi connectivity index (χ4v) is 3.47. The fourth-order valence-electron chi connectivity index (χ4n) is 1.76. The van der Waals surface area contributed by atoms with E-state index in [9.17, 15) is 0 Å². The SMILES string of the molecule is CCC(C)(C)CNC(c1cccs1)c1cccs1. The molecule has 0 aliphatic heterocycles. The molecule has 0 unspecified atom stereocenters.